The van der Waals surface area contributed by atoms with Crippen LogP contribution in [0.3, 0.4) is 0 Å². The molecule has 7 nitrogen and oxygen atoms in total. The SMILES string of the molecule is COc1cccc(/C=N/Nc2ccc(C(F)(F)F)cn2)c1O[C@@H](C)C(=O)O. The number of aliphatic carboxylic acids is 1. The summed E-state index contributed by atoms with van der Waals surface area (Å²) >= 11 is 0. The predicted molar refractivity (Wildman–Crippen MR) is 91.2 cm³/mol. The van der Waals surface area contributed by atoms with Gasteiger partial charge in [-0.25, -0.2) is 9.78 Å². The van der Waals surface area contributed by atoms with Crippen LogP contribution in [-0.2, 0) is 11.0 Å². The van der Waals surface area contributed by atoms with Crippen LogP contribution < -0.4 is 14.9 Å². The number of para-hydroxylation sites is 1. The number of nitrogens with one attached hydrogen (secondary N) is 1. The summed E-state index contributed by atoms with van der Waals surface area (Å²) < 4.78 is 48.1. The highest BCUT2D eigenvalue weighted by Crippen LogP contribution is 2.31. The van der Waals surface area contributed by atoms with Gasteiger partial charge in [-0.2, -0.15) is 18.3 Å². The van der Waals surface area contributed by atoms with Crippen LogP contribution in [0, 0.1) is 0 Å². The van der Waals surface area contributed by atoms with E-state index in [1.807, 2.05) is 0 Å². The van der Waals surface area contributed by atoms with Gasteiger partial charge in [-0.15, -0.1) is 0 Å². The van der Waals surface area contributed by atoms with Crippen molar-refractivity contribution in [3.8, 4) is 11.5 Å². The molecule has 10 heteroatoms. The number of anilines is 1. The first-order valence-electron chi connectivity index (χ1n) is 7.61. The zero-order valence-corrected chi connectivity index (χ0v) is 14.3. The van der Waals surface area contributed by atoms with Gasteiger partial charge in [0, 0.05) is 11.8 Å². The zero-order valence-electron chi connectivity index (χ0n) is 14.3. The van der Waals surface area contributed by atoms with E-state index in [1.165, 1.54) is 20.2 Å². The normalized spacial score (nSPS) is 12.6. The number of hydrogen-bond acceptors (Lipinski definition) is 6. The first-order chi connectivity index (χ1) is 12.7. The number of aromatic nitrogens is 1. The summed E-state index contributed by atoms with van der Waals surface area (Å²) in [6.07, 6.45) is -3.60. The second kappa shape index (κ2) is 8.39. The number of halogens is 3. The van der Waals surface area contributed by atoms with Gasteiger partial charge in [0.25, 0.3) is 0 Å². The Bertz CT molecular complexity index is 823. The molecule has 0 aliphatic heterocycles. The summed E-state index contributed by atoms with van der Waals surface area (Å²) in [5.41, 5.74) is 2.02. The number of pyridine rings is 1. The number of carboxylic acid groups (broad SMARTS) is 1. The molecule has 1 aromatic heterocycles. The van der Waals surface area contributed by atoms with Gasteiger partial charge < -0.3 is 14.6 Å². The predicted octanol–water partition coefficient (Wildman–Crippen LogP) is 3.41. The summed E-state index contributed by atoms with van der Waals surface area (Å²) in [5, 5.41) is 12.9. The fourth-order valence-corrected chi connectivity index (χ4v) is 1.94. The number of ether oxygens (including phenoxy) is 2. The number of hydrazone groups is 1. The molecule has 2 aromatic rings. The third-order valence-electron chi connectivity index (χ3n) is 3.35. The van der Waals surface area contributed by atoms with Crippen LogP contribution in [0.5, 0.6) is 11.5 Å². The van der Waals surface area contributed by atoms with Crippen LogP contribution >= 0.6 is 0 Å². The highest BCUT2D eigenvalue weighted by Gasteiger charge is 2.30. The summed E-state index contributed by atoms with van der Waals surface area (Å²) in [7, 11) is 1.40. The van der Waals surface area contributed by atoms with E-state index in [2.05, 4.69) is 15.5 Å². The number of hydrogen-bond donors (Lipinski definition) is 2. The zero-order chi connectivity index (χ0) is 20.0. The molecule has 0 radical (unpaired) electrons. The third-order valence-corrected chi connectivity index (χ3v) is 3.35. The lowest BCUT2D eigenvalue weighted by Crippen LogP contribution is -2.23. The molecule has 27 heavy (non-hydrogen) atoms. The number of carbonyl (C=O) groups is 1. The minimum absolute atomic E-state index is 0.100. The Morgan fingerprint density at radius 1 is 1.33 bits per heavy atom. The average molecular weight is 383 g/mol. The smallest absolute Gasteiger partial charge is 0.417 e. The molecule has 0 saturated heterocycles. The molecular weight excluding hydrogens is 367 g/mol. The number of alkyl halides is 3. The molecular formula is C17H16F3N3O4. The maximum atomic E-state index is 12.5. The van der Waals surface area contributed by atoms with Gasteiger partial charge >= 0.3 is 12.1 Å². The molecule has 0 aliphatic rings. The van der Waals surface area contributed by atoms with Crippen molar-refractivity contribution in [3.05, 3.63) is 47.7 Å². The molecule has 1 aromatic carbocycles. The number of rotatable bonds is 7. The van der Waals surface area contributed by atoms with Crippen molar-refractivity contribution in [1.29, 1.82) is 0 Å². The van der Waals surface area contributed by atoms with Gasteiger partial charge in [0.2, 0.25) is 0 Å². The maximum absolute atomic E-state index is 12.5. The molecule has 0 spiro atoms. The summed E-state index contributed by atoms with van der Waals surface area (Å²) in [6, 6.07) is 6.86. The Labute approximate surface area is 152 Å². The Balaban J connectivity index is 2.17. The lowest BCUT2D eigenvalue weighted by Gasteiger charge is -2.15. The van der Waals surface area contributed by atoms with Gasteiger partial charge in [0.15, 0.2) is 17.6 Å². The van der Waals surface area contributed by atoms with E-state index >= 15 is 0 Å². The minimum atomic E-state index is -4.47. The third kappa shape index (κ3) is 5.33. The van der Waals surface area contributed by atoms with E-state index < -0.39 is 23.8 Å². The second-order valence-electron chi connectivity index (χ2n) is 5.28. The quantitative estimate of drug-likeness (QED) is 0.562. The molecule has 0 aliphatic carbocycles. The van der Waals surface area contributed by atoms with Crippen LogP contribution in [0.2, 0.25) is 0 Å². The van der Waals surface area contributed by atoms with Crippen molar-refractivity contribution in [2.75, 3.05) is 12.5 Å². The highest BCUT2D eigenvalue weighted by atomic mass is 19.4. The molecule has 0 bridgehead atoms. The van der Waals surface area contributed by atoms with Gasteiger partial charge in [0.05, 0.1) is 18.9 Å². The average Bonchev–Trinajstić information content (AvgIpc) is 2.62. The molecule has 0 fully saturated rings. The standard InChI is InChI=1S/C17H16F3N3O4/c1-10(16(24)25)27-15-11(4-3-5-13(15)26-2)8-22-23-14-7-6-12(9-21-14)17(18,19)20/h3-10H,1-2H3,(H,21,23)(H,24,25)/b22-8+/t10-/m0/s1. The van der Waals surface area contributed by atoms with Gasteiger partial charge in [-0.3, -0.25) is 5.43 Å². The number of nitrogens with zero attached hydrogens (tertiary/aromatic N) is 2. The van der Waals surface area contributed by atoms with Crippen molar-refractivity contribution in [2.45, 2.75) is 19.2 Å². The van der Waals surface area contributed by atoms with Crippen molar-refractivity contribution < 1.29 is 32.5 Å². The van der Waals surface area contributed by atoms with Crippen molar-refractivity contribution >= 4 is 18.0 Å². The van der Waals surface area contributed by atoms with Gasteiger partial charge in [-0.05, 0) is 31.2 Å². The van der Waals surface area contributed by atoms with Gasteiger partial charge in [0.1, 0.15) is 5.82 Å². The molecule has 1 atom stereocenters. The molecule has 0 unspecified atom stereocenters. The maximum Gasteiger partial charge on any atom is 0.417 e. The molecule has 0 saturated carbocycles. The highest BCUT2D eigenvalue weighted by molar-refractivity contribution is 5.86. The van der Waals surface area contributed by atoms with E-state index in [-0.39, 0.29) is 11.6 Å². The monoisotopic (exact) mass is 383 g/mol. The Morgan fingerprint density at radius 3 is 2.63 bits per heavy atom. The first kappa shape index (κ1) is 20.0. The lowest BCUT2D eigenvalue weighted by molar-refractivity contribution is -0.144. The van der Waals surface area contributed by atoms with Crippen LogP contribution in [0.25, 0.3) is 0 Å². The summed E-state index contributed by atoms with van der Waals surface area (Å²) in [4.78, 5) is 14.6. The van der Waals surface area contributed by atoms with Crippen molar-refractivity contribution in [2.24, 2.45) is 5.10 Å². The Hall–Kier alpha value is -3.30. The second-order valence-corrected chi connectivity index (χ2v) is 5.28. The van der Waals surface area contributed by atoms with Crippen molar-refractivity contribution in [1.82, 2.24) is 4.98 Å². The summed E-state index contributed by atoms with van der Waals surface area (Å²) in [5.74, 6) is -0.583. The van der Waals surface area contributed by atoms with E-state index in [0.29, 0.717) is 17.5 Å². The van der Waals surface area contributed by atoms with E-state index in [1.54, 1.807) is 18.2 Å². The number of methoxy groups -OCH3 is 1. The van der Waals surface area contributed by atoms with Crippen LogP contribution in [0.15, 0.2) is 41.6 Å². The molecule has 2 N–H and O–H groups in total. The van der Waals surface area contributed by atoms with Crippen LogP contribution in [0.4, 0.5) is 19.0 Å². The van der Waals surface area contributed by atoms with Gasteiger partial charge in [-0.1, -0.05) is 6.07 Å². The molecule has 1 heterocycles. The molecule has 0 amide bonds. The van der Waals surface area contributed by atoms with E-state index in [4.69, 9.17) is 14.6 Å². The fraction of sp³-hybridized carbons (Fsp3) is 0.235. The first-order valence-corrected chi connectivity index (χ1v) is 7.61. The van der Waals surface area contributed by atoms with Crippen LogP contribution in [0.1, 0.15) is 18.1 Å². The summed E-state index contributed by atoms with van der Waals surface area (Å²) in [6.45, 7) is 1.36. The number of carboxylic acids is 1. The molecule has 2 rings (SSSR count). The lowest BCUT2D eigenvalue weighted by atomic mass is 10.2. The van der Waals surface area contributed by atoms with E-state index in [9.17, 15) is 18.0 Å². The van der Waals surface area contributed by atoms with E-state index in [0.717, 1.165) is 12.1 Å². The van der Waals surface area contributed by atoms with Crippen LogP contribution in [-0.4, -0.2) is 35.5 Å². The topological polar surface area (TPSA) is 93.0 Å². The molecule has 144 valence electrons. The van der Waals surface area contributed by atoms with Crippen molar-refractivity contribution in [3.63, 3.8) is 0 Å². The minimum Gasteiger partial charge on any atom is -0.493 e. The fourth-order valence-electron chi connectivity index (χ4n) is 1.94. The largest absolute Gasteiger partial charge is 0.493 e. The number of benzene rings is 1. The Morgan fingerprint density at radius 2 is 2.07 bits per heavy atom. The Kier molecular flexibility index (Phi) is 6.22.